The molecule has 1 atom stereocenters. The van der Waals surface area contributed by atoms with Crippen LogP contribution in [0.1, 0.15) is 42.1 Å². The summed E-state index contributed by atoms with van der Waals surface area (Å²) in [5.41, 5.74) is 1.80. The summed E-state index contributed by atoms with van der Waals surface area (Å²) in [6.45, 7) is 3.64. The van der Waals surface area contributed by atoms with Crippen molar-refractivity contribution in [1.82, 2.24) is 4.90 Å². The summed E-state index contributed by atoms with van der Waals surface area (Å²) >= 11 is 0. The molecule has 0 bridgehead atoms. The zero-order chi connectivity index (χ0) is 18.7. The maximum Gasteiger partial charge on any atom is 0.409 e. The molecule has 1 fully saturated rings. The Bertz CT molecular complexity index is 679. The van der Waals surface area contributed by atoms with Gasteiger partial charge in [0.2, 0.25) is 0 Å². The van der Waals surface area contributed by atoms with Crippen LogP contribution in [0.25, 0.3) is 0 Å². The van der Waals surface area contributed by atoms with Gasteiger partial charge in [-0.25, -0.2) is 4.79 Å². The van der Waals surface area contributed by atoms with Crippen molar-refractivity contribution in [2.75, 3.05) is 33.9 Å². The molecule has 0 N–H and O–H groups in total. The molecule has 1 aromatic carbocycles. The number of hydrogen-bond acceptors (Lipinski definition) is 5. The molecule has 1 heterocycles. The van der Waals surface area contributed by atoms with Crippen molar-refractivity contribution in [3.63, 3.8) is 0 Å². The lowest BCUT2D eigenvalue weighted by Crippen LogP contribution is -2.39. The van der Waals surface area contributed by atoms with Gasteiger partial charge in [-0.2, -0.15) is 0 Å². The second kappa shape index (κ2) is 7.98. The normalized spacial score (nSPS) is 20.0. The van der Waals surface area contributed by atoms with Crippen molar-refractivity contribution < 1.29 is 23.8 Å². The first-order valence-electron chi connectivity index (χ1n) is 9.28. The second-order valence-corrected chi connectivity index (χ2v) is 6.99. The molecule has 6 heteroatoms. The van der Waals surface area contributed by atoms with Crippen LogP contribution >= 0.6 is 0 Å². The van der Waals surface area contributed by atoms with Gasteiger partial charge >= 0.3 is 6.09 Å². The second-order valence-electron chi connectivity index (χ2n) is 6.99. The number of Topliss-reactive ketones (excluding diaryl/α,β-unsaturated/α-hetero) is 1. The fourth-order valence-corrected chi connectivity index (χ4v) is 4.06. The zero-order valence-electron chi connectivity index (χ0n) is 15.7. The van der Waals surface area contributed by atoms with Crippen LogP contribution in [0.4, 0.5) is 4.79 Å². The van der Waals surface area contributed by atoms with Crippen LogP contribution in [0.2, 0.25) is 0 Å². The number of rotatable bonds is 5. The molecule has 3 rings (SSSR count). The fraction of sp³-hybridized carbons (Fsp3) is 0.600. The maximum absolute atomic E-state index is 12.8. The average molecular weight is 361 g/mol. The Morgan fingerprint density at radius 2 is 1.81 bits per heavy atom. The van der Waals surface area contributed by atoms with Gasteiger partial charge in [0.25, 0.3) is 0 Å². The van der Waals surface area contributed by atoms with E-state index in [4.69, 9.17) is 14.2 Å². The lowest BCUT2D eigenvalue weighted by atomic mass is 9.85. The van der Waals surface area contributed by atoms with E-state index in [0.29, 0.717) is 37.1 Å². The first-order valence-corrected chi connectivity index (χ1v) is 9.28. The third kappa shape index (κ3) is 3.64. The predicted octanol–water partition coefficient (Wildman–Crippen LogP) is 3.32. The van der Waals surface area contributed by atoms with E-state index >= 15 is 0 Å². The molecule has 0 aromatic heterocycles. The van der Waals surface area contributed by atoms with Gasteiger partial charge in [-0.15, -0.1) is 0 Å². The topological polar surface area (TPSA) is 65.1 Å². The molecule has 0 radical (unpaired) electrons. The Kier molecular flexibility index (Phi) is 5.69. The van der Waals surface area contributed by atoms with Gasteiger partial charge in [0, 0.05) is 24.6 Å². The molecule has 0 saturated carbocycles. The van der Waals surface area contributed by atoms with E-state index in [2.05, 4.69) is 0 Å². The molecular weight excluding hydrogens is 334 g/mol. The van der Waals surface area contributed by atoms with Crippen LogP contribution < -0.4 is 9.47 Å². The van der Waals surface area contributed by atoms with Crippen LogP contribution in [0.3, 0.4) is 0 Å². The number of nitrogens with zero attached hydrogens (tertiary/aromatic N) is 1. The number of ether oxygens (including phenoxy) is 3. The highest BCUT2D eigenvalue weighted by Crippen LogP contribution is 2.39. The highest BCUT2D eigenvalue weighted by atomic mass is 16.6. The zero-order valence-corrected chi connectivity index (χ0v) is 15.7. The summed E-state index contributed by atoms with van der Waals surface area (Å²) in [5.74, 6) is 1.95. The highest BCUT2D eigenvalue weighted by Gasteiger charge is 2.35. The van der Waals surface area contributed by atoms with Gasteiger partial charge < -0.3 is 19.1 Å². The van der Waals surface area contributed by atoms with E-state index in [1.54, 1.807) is 25.2 Å². The molecule has 6 nitrogen and oxygen atoms in total. The monoisotopic (exact) mass is 361 g/mol. The number of benzene rings is 1. The Morgan fingerprint density at radius 3 is 2.42 bits per heavy atom. The van der Waals surface area contributed by atoms with E-state index in [1.807, 2.05) is 13.0 Å². The number of fused-ring (bicyclic) bond motifs is 1. The number of ketones is 1. The number of methoxy groups -OCH3 is 2. The van der Waals surface area contributed by atoms with E-state index in [1.165, 1.54) is 0 Å². The molecule has 26 heavy (non-hydrogen) atoms. The van der Waals surface area contributed by atoms with Crippen molar-refractivity contribution in [3.8, 4) is 11.5 Å². The van der Waals surface area contributed by atoms with E-state index in [-0.39, 0.29) is 17.8 Å². The summed E-state index contributed by atoms with van der Waals surface area (Å²) in [5, 5.41) is 0. The number of piperidine rings is 1. The number of amides is 1. The van der Waals surface area contributed by atoms with Crippen LogP contribution in [0.15, 0.2) is 12.1 Å². The summed E-state index contributed by atoms with van der Waals surface area (Å²) in [7, 11) is 3.19. The van der Waals surface area contributed by atoms with Crippen LogP contribution in [-0.2, 0) is 11.2 Å². The van der Waals surface area contributed by atoms with Crippen molar-refractivity contribution in [3.05, 3.63) is 23.3 Å². The molecule has 0 spiro atoms. The highest BCUT2D eigenvalue weighted by molar-refractivity contribution is 6.02. The fourth-order valence-electron chi connectivity index (χ4n) is 4.06. The van der Waals surface area contributed by atoms with Gasteiger partial charge in [-0.3, -0.25) is 4.79 Å². The lowest BCUT2D eigenvalue weighted by molar-refractivity contribution is 0.0823. The number of carbonyl (C=O) groups excluding carboxylic acids is 2. The number of carbonyl (C=O) groups is 2. The molecule has 1 saturated heterocycles. The SMILES string of the molecule is CCOC(=O)N1CCC(CC2Cc3cc(OC)c(OC)cc3C2=O)CC1. The summed E-state index contributed by atoms with van der Waals surface area (Å²) in [6, 6.07) is 3.73. The third-order valence-electron chi connectivity index (χ3n) is 5.47. The summed E-state index contributed by atoms with van der Waals surface area (Å²) in [6.07, 6.45) is 3.24. The van der Waals surface area contributed by atoms with Crippen molar-refractivity contribution in [2.45, 2.75) is 32.6 Å². The first kappa shape index (κ1) is 18.5. The average Bonchev–Trinajstić information content (AvgIpc) is 2.96. The van der Waals surface area contributed by atoms with E-state index in [9.17, 15) is 9.59 Å². The van der Waals surface area contributed by atoms with Crippen molar-refractivity contribution >= 4 is 11.9 Å². The molecule has 1 unspecified atom stereocenters. The minimum Gasteiger partial charge on any atom is -0.493 e. The number of hydrogen-bond donors (Lipinski definition) is 0. The van der Waals surface area contributed by atoms with Gasteiger partial charge in [0.05, 0.1) is 20.8 Å². The smallest absolute Gasteiger partial charge is 0.409 e. The molecule has 1 aromatic rings. The summed E-state index contributed by atoms with van der Waals surface area (Å²) in [4.78, 5) is 26.4. The van der Waals surface area contributed by atoms with Crippen LogP contribution in [-0.4, -0.2) is 50.7 Å². The third-order valence-corrected chi connectivity index (χ3v) is 5.47. The number of likely N-dealkylation sites (tertiary alicyclic amines) is 1. The maximum atomic E-state index is 12.8. The van der Waals surface area contributed by atoms with Crippen LogP contribution in [0.5, 0.6) is 11.5 Å². The van der Waals surface area contributed by atoms with Gasteiger partial charge in [0.1, 0.15) is 0 Å². The van der Waals surface area contributed by atoms with Crippen LogP contribution in [0, 0.1) is 11.8 Å². The van der Waals surface area contributed by atoms with E-state index < -0.39 is 0 Å². The standard InChI is InChI=1S/C20H27NO5/c1-4-26-20(23)21-7-5-13(6-8-21)9-15-10-14-11-17(24-2)18(25-3)12-16(14)19(15)22/h11-13,15H,4-10H2,1-3H3. The van der Waals surface area contributed by atoms with Crippen molar-refractivity contribution in [2.24, 2.45) is 11.8 Å². The Labute approximate surface area is 154 Å². The van der Waals surface area contributed by atoms with Gasteiger partial charge in [-0.1, -0.05) is 0 Å². The van der Waals surface area contributed by atoms with Crippen molar-refractivity contribution in [1.29, 1.82) is 0 Å². The Balaban J connectivity index is 1.60. The molecular formula is C20H27NO5. The predicted molar refractivity (Wildman–Crippen MR) is 97.0 cm³/mol. The first-order chi connectivity index (χ1) is 12.6. The molecule has 1 amide bonds. The minimum absolute atomic E-state index is 0.0148. The molecule has 2 aliphatic rings. The lowest BCUT2D eigenvalue weighted by Gasteiger charge is -2.32. The quantitative estimate of drug-likeness (QED) is 0.805. The largest absolute Gasteiger partial charge is 0.493 e. The molecule has 1 aliphatic heterocycles. The van der Waals surface area contributed by atoms with Gasteiger partial charge in [0.15, 0.2) is 17.3 Å². The minimum atomic E-state index is -0.227. The summed E-state index contributed by atoms with van der Waals surface area (Å²) < 4.78 is 15.7. The van der Waals surface area contributed by atoms with E-state index in [0.717, 1.165) is 36.8 Å². The Hall–Kier alpha value is -2.24. The Morgan fingerprint density at radius 1 is 1.15 bits per heavy atom. The van der Waals surface area contributed by atoms with Gasteiger partial charge in [-0.05, 0) is 56.2 Å². The molecule has 1 aliphatic carbocycles. The molecule has 142 valence electrons.